The minimum absolute atomic E-state index is 0.0592. The molecule has 1 rings (SSSR count). The molecule has 126 valence electrons. The Hall–Kier alpha value is -0.650. The van der Waals surface area contributed by atoms with Crippen LogP contribution in [-0.2, 0) is 14.3 Å². The van der Waals surface area contributed by atoms with E-state index in [4.69, 9.17) is 9.84 Å². The van der Waals surface area contributed by atoms with Crippen LogP contribution in [0.1, 0.15) is 51.9 Å². The molecule has 5 nitrogen and oxygen atoms in total. The molecule has 0 amide bonds. The van der Waals surface area contributed by atoms with Gasteiger partial charge in [0.15, 0.2) is 0 Å². The summed E-state index contributed by atoms with van der Waals surface area (Å²) in [5.74, 6) is -0.836. The van der Waals surface area contributed by atoms with Crippen molar-refractivity contribution in [3.63, 3.8) is 0 Å². The molecule has 0 unspecified atom stereocenters. The molecule has 0 saturated carbocycles. The van der Waals surface area contributed by atoms with Crippen molar-refractivity contribution in [2.75, 3.05) is 46.6 Å². The fourth-order valence-electron chi connectivity index (χ4n) is 2.17. The first-order chi connectivity index (χ1) is 10.2. The number of rotatable bonds is 10. The Labute approximate surface area is 129 Å². The lowest BCUT2D eigenvalue weighted by atomic mass is 10.1. The summed E-state index contributed by atoms with van der Waals surface area (Å²) in [5, 5.41) is 8.16. The van der Waals surface area contributed by atoms with Gasteiger partial charge in [-0.15, -0.1) is 0 Å². The van der Waals surface area contributed by atoms with Crippen molar-refractivity contribution in [1.82, 2.24) is 4.90 Å². The van der Waals surface area contributed by atoms with E-state index in [0.29, 0.717) is 13.2 Å². The largest absolute Gasteiger partial charge is 0.481 e. The molecule has 0 radical (unpaired) electrons. The van der Waals surface area contributed by atoms with Gasteiger partial charge in [-0.25, -0.2) is 0 Å². The van der Waals surface area contributed by atoms with Crippen LogP contribution in [-0.4, -0.2) is 62.5 Å². The number of hydrogen-bond acceptors (Lipinski definition) is 4. The Balaban J connectivity index is 0.000000384. The van der Waals surface area contributed by atoms with Crippen molar-refractivity contribution in [2.45, 2.75) is 51.9 Å². The highest BCUT2D eigenvalue weighted by Gasteiger charge is 2.08. The van der Waals surface area contributed by atoms with Crippen LogP contribution >= 0.6 is 0 Å². The summed E-state index contributed by atoms with van der Waals surface area (Å²) in [4.78, 5) is 12.5. The van der Waals surface area contributed by atoms with E-state index in [1.54, 1.807) is 7.11 Å². The number of methoxy groups -OCH3 is 1. The summed E-state index contributed by atoms with van der Waals surface area (Å²) in [7, 11) is 1.57. The van der Waals surface area contributed by atoms with E-state index in [9.17, 15) is 4.79 Å². The van der Waals surface area contributed by atoms with E-state index in [2.05, 4.69) is 16.6 Å². The average molecular weight is 303 g/mol. The van der Waals surface area contributed by atoms with Gasteiger partial charge in [0.1, 0.15) is 0 Å². The zero-order valence-corrected chi connectivity index (χ0v) is 13.8. The normalized spacial score (nSPS) is 15.3. The molecule has 1 fully saturated rings. The molecule has 0 spiro atoms. The van der Waals surface area contributed by atoms with E-state index in [1.807, 2.05) is 0 Å². The third-order valence-corrected chi connectivity index (χ3v) is 3.42. The van der Waals surface area contributed by atoms with Crippen molar-refractivity contribution in [2.24, 2.45) is 0 Å². The molecular weight excluding hydrogens is 270 g/mol. The molecule has 1 aliphatic rings. The van der Waals surface area contributed by atoms with Crippen LogP contribution in [0.3, 0.4) is 0 Å². The number of hydrogen-bond donors (Lipinski definition) is 1. The number of aliphatic carboxylic acids is 1. The van der Waals surface area contributed by atoms with Gasteiger partial charge in [-0.3, -0.25) is 4.79 Å². The van der Waals surface area contributed by atoms with Crippen LogP contribution in [0.15, 0.2) is 0 Å². The highest BCUT2D eigenvalue weighted by Crippen LogP contribution is 2.09. The Bertz CT molecular complexity index is 230. The van der Waals surface area contributed by atoms with Crippen LogP contribution in [0.2, 0.25) is 0 Å². The maximum atomic E-state index is 9.92. The lowest BCUT2D eigenvalue weighted by Gasteiger charge is -2.26. The lowest BCUT2D eigenvalue weighted by molar-refractivity contribution is -0.138. The number of nitrogens with zero attached hydrogens (tertiary/aromatic N) is 1. The predicted octanol–water partition coefficient (Wildman–Crippen LogP) is 2.79. The molecule has 5 heteroatoms. The highest BCUT2D eigenvalue weighted by atomic mass is 16.5. The third kappa shape index (κ3) is 15.6. The Morgan fingerprint density at radius 3 is 2.38 bits per heavy atom. The number of carboxylic acid groups (broad SMARTS) is 1. The van der Waals surface area contributed by atoms with Crippen molar-refractivity contribution < 1.29 is 19.4 Å². The molecule has 0 bridgehead atoms. The monoisotopic (exact) mass is 303 g/mol. The van der Waals surface area contributed by atoms with E-state index in [-0.39, 0.29) is 13.0 Å². The smallest absolute Gasteiger partial charge is 0.305 e. The second-order valence-electron chi connectivity index (χ2n) is 5.36. The van der Waals surface area contributed by atoms with Crippen molar-refractivity contribution >= 4 is 5.97 Å². The highest BCUT2D eigenvalue weighted by molar-refractivity contribution is 5.66. The zero-order chi connectivity index (χ0) is 15.8. The second kappa shape index (κ2) is 15.7. The van der Waals surface area contributed by atoms with Crippen LogP contribution in [0.5, 0.6) is 0 Å². The van der Waals surface area contributed by atoms with Gasteiger partial charge in [-0.1, -0.05) is 26.2 Å². The van der Waals surface area contributed by atoms with E-state index >= 15 is 0 Å². The SMILES string of the molecule is CCCCCN1CCCCC1.COCCOCCC(=O)O. The van der Waals surface area contributed by atoms with Crippen LogP contribution < -0.4 is 0 Å². The minimum atomic E-state index is -0.836. The lowest BCUT2D eigenvalue weighted by Crippen LogP contribution is -2.30. The number of unbranched alkanes of at least 4 members (excludes halogenated alkanes) is 2. The van der Waals surface area contributed by atoms with Gasteiger partial charge in [-0.2, -0.15) is 0 Å². The van der Waals surface area contributed by atoms with Crippen LogP contribution in [0, 0.1) is 0 Å². The third-order valence-electron chi connectivity index (χ3n) is 3.42. The standard InChI is InChI=1S/C10H21N.C6H12O4/c1-2-3-5-8-11-9-6-4-7-10-11;1-9-4-5-10-3-2-6(7)8/h2-10H2,1H3;2-5H2,1H3,(H,7,8). The topological polar surface area (TPSA) is 59.0 Å². The molecule has 1 saturated heterocycles. The molecule has 0 aromatic carbocycles. The minimum Gasteiger partial charge on any atom is -0.481 e. The molecule has 21 heavy (non-hydrogen) atoms. The number of carboxylic acids is 1. The molecule has 0 atom stereocenters. The maximum Gasteiger partial charge on any atom is 0.305 e. The van der Waals surface area contributed by atoms with Gasteiger partial charge >= 0.3 is 5.97 Å². The van der Waals surface area contributed by atoms with Crippen molar-refractivity contribution in [3.05, 3.63) is 0 Å². The fraction of sp³-hybridized carbons (Fsp3) is 0.938. The predicted molar refractivity (Wildman–Crippen MR) is 84.8 cm³/mol. The first-order valence-electron chi connectivity index (χ1n) is 8.21. The first-order valence-corrected chi connectivity index (χ1v) is 8.21. The number of carbonyl (C=O) groups is 1. The molecule has 1 heterocycles. The van der Waals surface area contributed by atoms with Gasteiger partial charge in [0, 0.05) is 7.11 Å². The Morgan fingerprint density at radius 1 is 1.10 bits per heavy atom. The fourth-order valence-corrected chi connectivity index (χ4v) is 2.17. The van der Waals surface area contributed by atoms with Gasteiger partial charge in [0.25, 0.3) is 0 Å². The van der Waals surface area contributed by atoms with Gasteiger partial charge in [-0.05, 0) is 38.9 Å². The molecule has 0 aromatic rings. The zero-order valence-electron chi connectivity index (χ0n) is 13.8. The van der Waals surface area contributed by atoms with Gasteiger partial charge in [0.2, 0.25) is 0 Å². The summed E-state index contributed by atoms with van der Waals surface area (Å²) < 4.78 is 9.56. The number of likely N-dealkylation sites (tertiary alicyclic amines) is 1. The summed E-state index contributed by atoms with van der Waals surface area (Å²) in [6.45, 7) is 7.60. The molecule has 1 aliphatic heterocycles. The van der Waals surface area contributed by atoms with Crippen molar-refractivity contribution in [3.8, 4) is 0 Å². The molecule has 0 aromatic heterocycles. The summed E-state index contributed by atoms with van der Waals surface area (Å²) >= 11 is 0. The molecule has 0 aliphatic carbocycles. The van der Waals surface area contributed by atoms with E-state index in [1.165, 1.54) is 58.2 Å². The number of piperidine rings is 1. The first kappa shape index (κ1) is 20.3. The maximum absolute atomic E-state index is 9.92. The van der Waals surface area contributed by atoms with Crippen LogP contribution in [0.4, 0.5) is 0 Å². The van der Waals surface area contributed by atoms with Crippen molar-refractivity contribution in [1.29, 1.82) is 0 Å². The molecular formula is C16H33NO4. The Kier molecular flexibility index (Phi) is 15.2. The quantitative estimate of drug-likeness (QED) is 0.629. The summed E-state index contributed by atoms with van der Waals surface area (Å²) in [6.07, 6.45) is 8.58. The Morgan fingerprint density at radius 2 is 1.81 bits per heavy atom. The summed E-state index contributed by atoms with van der Waals surface area (Å²) in [6, 6.07) is 0. The number of ether oxygens (including phenoxy) is 2. The van der Waals surface area contributed by atoms with E-state index < -0.39 is 5.97 Å². The second-order valence-corrected chi connectivity index (χ2v) is 5.36. The average Bonchev–Trinajstić information content (AvgIpc) is 2.49. The van der Waals surface area contributed by atoms with Gasteiger partial charge in [0.05, 0.1) is 26.2 Å². The van der Waals surface area contributed by atoms with Gasteiger partial charge < -0.3 is 19.5 Å². The summed E-state index contributed by atoms with van der Waals surface area (Å²) in [5.41, 5.74) is 0. The van der Waals surface area contributed by atoms with Crippen LogP contribution in [0.25, 0.3) is 0 Å². The van der Waals surface area contributed by atoms with E-state index in [0.717, 1.165) is 0 Å². The molecule has 1 N–H and O–H groups in total.